The van der Waals surface area contributed by atoms with Crippen molar-refractivity contribution in [2.45, 2.75) is 37.8 Å². The average Bonchev–Trinajstić information content (AvgIpc) is 2.75. The van der Waals surface area contributed by atoms with E-state index in [0.29, 0.717) is 12.5 Å². The maximum Gasteiger partial charge on any atom is 0.231 e. The molecular weight excluding hydrogens is 232 g/mol. The summed E-state index contributed by atoms with van der Waals surface area (Å²) >= 11 is 0. The Labute approximate surface area is 107 Å². The standard InChI is InChI=1S/C12H22N4O2/c13-11(17)8-16(10-3-5-14-6-4-10)7-9-1-2-12(18)15-9/h9-10,14H,1-8H2,(H2,13,17)(H,15,18). The molecule has 2 aliphatic rings. The van der Waals surface area contributed by atoms with Crippen LogP contribution in [0.5, 0.6) is 0 Å². The Hall–Kier alpha value is -1.14. The van der Waals surface area contributed by atoms with Crippen LogP contribution in [0.1, 0.15) is 25.7 Å². The Morgan fingerprint density at radius 1 is 1.33 bits per heavy atom. The van der Waals surface area contributed by atoms with Gasteiger partial charge in [0.25, 0.3) is 0 Å². The quantitative estimate of drug-likeness (QED) is 0.575. The number of hydrogen-bond acceptors (Lipinski definition) is 4. The number of carbonyl (C=O) groups excluding carboxylic acids is 2. The maximum atomic E-state index is 11.2. The molecule has 2 amide bonds. The number of piperidine rings is 1. The number of nitrogens with two attached hydrogens (primary N) is 1. The molecule has 4 N–H and O–H groups in total. The van der Waals surface area contributed by atoms with Gasteiger partial charge in [-0.25, -0.2) is 0 Å². The Morgan fingerprint density at radius 2 is 2.06 bits per heavy atom. The van der Waals surface area contributed by atoms with Crippen molar-refractivity contribution in [3.05, 3.63) is 0 Å². The first kappa shape index (κ1) is 13.3. The van der Waals surface area contributed by atoms with Crippen LogP contribution in [0.15, 0.2) is 0 Å². The van der Waals surface area contributed by atoms with Crippen LogP contribution in [0, 0.1) is 0 Å². The van der Waals surface area contributed by atoms with E-state index in [0.717, 1.165) is 38.9 Å². The van der Waals surface area contributed by atoms with Crippen molar-refractivity contribution < 1.29 is 9.59 Å². The molecule has 102 valence electrons. The van der Waals surface area contributed by atoms with Gasteiger partial charge in [-0.3, -0.25) is 14.5 Å². The Balaban J connectivity index is 1.91. The summed E-state index contributed by atoms with van der Waals surface area (Å²) < 4.78 is 0. The highest BCUT2D eigenvalue weighted by molar-refractivity contribution is 5.78. The molecule has 0 bridgehead atoms. The van der Waals surface area contributed by atoms with E-state index in [9.17, 15) is 9.59 Å². The number of nitrogens with one attached hydrogen (secondary N) is 2. The van der Waals surface area contributed by atoms with E-state index in [2.05, 4.69) is 15.5 Å². The Kier molecular flexibility index (Phi) is 4.54. The van der Waals surface area contributed by atoms with Crippen molar-refractivity contribution in [1.82, 2.24) is 15.5 Å². The lowest BCUT2D eigenvalue weighted by atomic mass is 10.0. The van der Waals surface area contributed by atoms with Gasteiger partial charge in [-0.1, -0.05) is 0 Å². The summed E-state index contributed by atoms with van der Waals surface area (Å²) in [5, 5.41) is 6.26. The number of amides is 2. The molecule has 2 heterocycles. The number of primary amides is 1. The first-order valence-corrected chi connectivity index (χ1v) is 6.67. The first-order chi connectivity index (χ1) is 8.65. The summed E-state index contributed by atoms with van der Waals surface area (Å²) in [6.45, 7) is 2.99. The summed E-state index contributed by atoms with van der Waals surface area (Å²) in [4.78, 5) is 24.5. The number of hydrogen-bond donors (Lipinski definition) is 3. The highest BCUT2D eigenvalue weighted by Gasteiger charge is 2.28. The molecule has 0 spiro atoms. The molecular formula is C12H22N4O2. The average molecular weight is 254 g/mol. The fraction of sp³-hybridized carbons (Fsp3) is 0.833. The monoisotopic (exact) mass is 254 g/mol. The zero-order chi connectivity index (χ0) is 13.0. The molecule has 18 heavy (non-hydrogen) atoms. The minimum Gasteiger partial charge on any atom is -0.369 e. The van der Waals surface area contributed by atoms with Gasteiger partial charge in [0.15, 0.2) is 0 Å². The molecule has 1 atom stereocenters. The van der Waals surface area contributed by atoms with Gasteiger partial charge in [-0.05, 0) is 32.4 Å². The summed E-state index contributed by atoms with van der Waals surface area (Å²) in [7, 11) is 0. The molecule has 2 fully saturated rings. The minimum absolute atomic E-state index is 0.115. The maximum absolute atomic E-state index is 11.2. The second-order valence-corrected chi connectivity index (χ2v) is 5.18. The van der Waals surface area contributed by atoms with Crippen LogP contribution in [0.2, 0.25) is 0 Å². The van der Waals surface area contributed by atoms with E-state index < -0.39 is 0 Å². The SMILES string of the molecule is NC(=O)CN(CC1CCC(=O)N1)C1CCNCC1. The summed E-state index contributed by atoms with van der Waals surface area (Å²) in [6, 6.07) is 0.572. The third kappa shape index (κ3) is 3.68. The zero-order valence-electron chi connectivity index (χ0n) is 10.7. The molecule has 0 aliphatic carbocycles. The lowest BCUT2D eigenvalue weighted by Gasteiger charge is -2.35. The topological polar surface area (TPSA) is 87.5 Å². The van der Waals surface area contributed by atoms with Crippen LogP contribution in [-0.2, 0) is 9.59 Å². The van der Waals surface area contributed by atoms with Gasteiger partial charge in [0.2, 0.25) is 11.8 Å². The predicted molar refractivity (Wildman–Crippen MR) is 67.8 cm³/mol. The van der Waals surface area contributed by atoms with Gasteiger partial charge in [0, 0.05) is 25.0 Å². The van der Waals surface area contributed by atoms with Crippen molar-refractivity contribution in [2.24, 2.45) is 5.73 Å². The molecule has 0 aromatic heterocycles. The van der Waals surface area contributed by atoms with E-state index >= 15 is 0 Å². The molecule has 0 aromatic rings. The van der Waals surface area contributed by atoms with E-state index in [1.165, 1.54) is 0 Å². The minimum atomic E-state index is -0.294. The molecule has 2 saturated heterocycles. The molecule has 0 radical (unpaired) electrons. The second kappa shape index (κ2) is 6.15. The van der Waals surface area contributed by atoms with Crippen molar-refractivity contribution in [3.63, 3.8) is 0 Å². The lowest BCUT2D eigenvalue weighted by molar-refractivity contribution is -0.119. The molecule has 6 nitrogen and oxygen atoms in total. The lowest BCUT2D eigenvalue weighted by Crippen LogP contribution is -2.50. The van der Waals surface area contributed by atoms with Crippen molar-refractivity contribution >= 4 is 11.8 Å². The third-order valence-corrected chi connectivity index (χ3v) is 3.72. The van der Waals surface area contributed by atoms with Crippen LogP contribution in [0.3, 0.4) is 0 Å². The van der Waals surface area contributed by atoms with Crippen LogP contribution < -0.4 is 16.4 Å². The molecule has 6 heteroatoms. The molecule has 0 saturated carbocycles. The van der Waals surface area contributed by atoms with E-state index in [4.69, 9.17) is 5.73 Å². The predicted octanol–water partition coefficient (Wildman–Crippen LogP) is -1.20. The Morgan fingerprint density at radius 3 is 2.61 bits per heavy atom. The Bertz CT molecular complexity index is 315. The largest absolute Gasteiger partial charge is 0.369 e. The van der Waals surface area contributed by atoms with Crippen LogP contribution in [-0.4, -0.2) is 55.0 Å². The van der Waals surface area contributed by atoms with Gasteiger partial charge in [-0.2, -0.15) is 0 Å². The second-order valence-electron chi connectivity index (χ2n) is 5.18. The summed E-state index contributed by atoms with van der Waals surface area (Å²) in [6.07, 6.45) is 3.53. The van der Waals surface area contributed by atoms with Gasteiger partial charge >= 0.3 is 0 Å². The number of carbonyl (C=O) groups is 2. The van der Waals surface area contributed by atoms with Gasteiger partial charge in [0.05, 0.1) is 6.54 Å². The normalized spacial score (nSPS) is 25.4. The van der Waals surface area contributed by atoms with Crippen molar-refractivity contribution in [2.75, 3.05) is 26.2 Å². The van der Waals surface area contributed by atoms with E-state index in [1.54, 1.807) is 0 Å². The fourth-order valence-electron chi connectivity index (χ4n) is 2.81. The van der Waals surface area contributed by atoms with Crippen molar-refractivity contribution in [1.29, 1.82) is 0 Å². The number of nitrogens with zero attached hydrogens (tertiary/aromatic N) is 1. The molecule has 2 aliphatic heterocycles. The number of rotatable bonds is 5. The zero-order valence-corrected chi connectivity index (χ0v) is 10.7. The molecule has 0 aromatic carbocycles. The smallest absolute Gasteiger partial charge is 0.231 e. The van der Waals surface area contributed by atoms with Gasteiger partial charge < -0.3 is 16.4 Å². The van der Waals surface area contributed by atoms with Gasteiger partial charge in [-0.15, -0.1) is 0 Å². The van der Waals surface area contributed by atoms with Crippen LogP contribution in [0.4, 0.5) is 0 Å². The highest BCUT2D eigenvalue weighted by Crippen LogP contribution is 2.15. The molecule has 2 rings (SSSR count). The van der Waals surface area contributed by atoms with Gasteiger partial charge in [0.1, 0.15) is 0 Å². The van der Waals surface area contributed by atoms with E-state index in [-0.39, 0.29) is 24.4 Å². The summed E-state index contributed by atoms with van der Waals surface area (Å²) in [5.74, 6) is -0.179. The fourth-order valence-corrected chi connectivity index (χ4v) is 2.81. The highest BCUT2D eigenvalue weighted by atomic mass is 16.2. The van der Waals surface area contributed by atoms with Crippen LogP contribution in [0.25, 0.3) is 0 Å². The van der Waals surface area contributed by atoms with Crippen molar-refractivity contribution in [3.8, 4) is 0 Å². The summed E-state index contributed by atoms with van der Waals surface area (Å²) in [5.41, 5.74) is 5.32. The van der Waals surface area contributed by atoms with Crippen LogP contribution >= 0.6 is 0 Å². The van der Waals surface area contributed by atoms with E-state index in [1.807, 2.05) is 0 Å². The molecule has 1 unspecified atom stereocenters. The third-order valence-electron chi connectivity index (χ3n) is 3.72. The first-order valence-electron chi connectivity index (χ1n) is 6.67.